The number of ether oxygens (including phenoxy) is 3. The van der Waals surface area contributed by atoms with Gasteiger partial charge in [-0.05, 0) is 30.6 Å². The van der Waals surface area contributed by atoms with Crippen LogP contribution in [0.5, 0.6) is 0 Å². The maximum Gasteiger partial charge on any atom is 0.313 e. The Morgan fingerprint density at radius 2 is 1.75 bits per heavy atom. The third kappa shape index (κ3) is 2.18. The van der Waals surface area contributed by atoms with E-state index >= 15 is 0 Å². The van der Waals surface area contributed by atoms with E-state index in [0.29, 0.717) is 17.6 Å². The summed E-state index contributed by atoms with van der Waals surface area (Å²) in [5.41, 5.74) is -1.67. The summed E-state index contributed by atoms with van der Waals surface area (Å²) in [5.74, 6) is -2.76. The highest BCUT2D eigenvalue weighted by molar-refractivity contribution is 6.13. The maximum atomic E-state index is 13.6. The molecule has 0 aromatic heterocycles. The molecule has 8 nitrogen and oxygen atoms in total. The van der Waals surface area contributed by atoms with Gasteiger partial charge in [0.25, 0.3) is 5.69 Å². The zero-order valence-electron chi connectivity index (χ0n) is 16.5. The summed E-state index contributed by atoms with van der Waals surface area (Å²) in [7, 11) is 4.18. The molecule has 3 rings (SSSR count). The van der Waals surface area contributed by atoms with Gasteiger partial charge in [0.05, 0.1) is 28.8 Å². The fraction of sp³-hybridized carbons (Fsp3) is 0.500. The molecule has 0 amide bonds. The van der Waals surface area contributed by atoms with Crippen molar-refractivity contribution in [3.8, 4) is 0 Å². The molecule has 1 fully saturated rings. The number of nitrogens with zero attached hydrogens (tertiary/aromatic N) is 1. The molecule has 0 bridgehead atoms. The van der Waals surface area contributed by atoms with Crippen molar-refractivity contribution in [3.05, 3.63) is 51.6 Å². The molecule has 28 heavy (non-hydrogen) atoms. The van der Waals surface area contributed by atoms with E-state index in [2.05, 4.69) is 0 Å². The monoisotopic (exact) mass is 389 g/mol. The van der Waals surface area contributed by atoms with Gasteiger partial charge < -0.3 is 14.2 Å². The van der Waals surface area contributed by atoms with Gasteiger partial charge in [-0.1, -0.05) is 19.1 Å². The maximum absolute atomic E-state index is 13.6. The number of non-ortho nitro benzene ring substituents is 1. The number of fused-ring (bicyclic) bond motifs is 1. The Kier molecular flexibility index (Phi) is 4.68. The van der Waals surface area contributed by atoms with Crippen LogP contribution in [0.1, 0.15) is 25.8 Å². The highest BCUT2D eigenvalue weighted by Gasteiger charge is 2.89. The summed E-state index contributed by atoms with van der Waals surface area (Å²) in [6.07, 6.45) is 2.06. The number of Topliss-reactive ketones (excluding diaryl/α,β-unsaturated/α-hetero) is 1. The molecular weight excluding hydrogens is 366 g/mol. The minimum Gasteiger partial charge on any atom is -0.469 e. The lowest BCUT2D eigenvalue weighted by Gasteiger charge is -2.35. The number of esters is 1. The van der Waals surface area contributed by atoms with Crippen LogP contribution >= 0.6 is 0 Å². The van der Waals surface area contributed by atoms with Crippen molar-refractivity contribution >= 4 is 17.4 Å². The first-order valence-electron chi connectivity index (χ1n) is 8.91. The Morgan fingerprint density at radius 1 is 1.18 bits per heavy atom. The van der Waals surface area contributed by atoms with E-state index in [-0.39, 0.29) is 11.5 Å². The highest BCUT2D eigenvalue weighted by Crippen LogP contribution is 2.77. The van der Waals surface area contributed by atoms with E-state index in [1.54, 1.807) is 13.0 Å². The summed E-state index contributed by atoms with van der Waals surface area (Å²) in [6.45, 7) is 3.49. The fourth-order valence-corrected chi connectivity index (χ4v) is 4.97. The minimum atomic E-state index is -1.30. The van der Waals surface area contributed by atoms with Gasteiger partial charge in [-0.15, -0.1) is 0 Å². The lowest BCUT2D eigenvalue weighted by molar-refractivity contribution is -0.384. The van der Waals surface area contributed by atoms with Crippen LogP contribution in [-0.2, 0) is 29.2 Å². The number of nitro groups is 1. The third-order valence-corrected chi connectivity index (χ3v) is 6.34. The molecule has 8 heteroatoms. The zero-order valence-corrected chi connectivity index (χ0v) is 16.5. The quantitative estimate of drug-likeness (QED) is 0.319. The summed E-state index contributed by atoms with van der Waals surface area (Å²) in [4.78, 5) is 37.0. The predicted octanol–water partition coefficient (Wildman–Crippen LogP) is 2.55. The second-order valence-corrected chi connectivity index (χ2v) is 7.22. The number of benzene rings is 1. The van der Waals surface area contributed by atoms with Crippen LogP contribution in [0.25, 0.3) is 0 Å². The average Bonchev–Trinajstić information content (AvgIpc) is 3.32. The Balaban J connectivity index is 2.30. The summed E-state index contributed by atoms with van der Waals surface area (Å²) in [5, 5.41) is 11.0. The Bertz CT molecular complexity index is 871. The van der Waals surface area contributed by atoms with Crippen molar-refractivity contribution < 1.29 is 28.7 Å². The predicted molar refractivity (Wildman–Crippen MR) is 98.5 cm³/mol. The standard InChI is InChI=1S/C20H23NO7/c1-6-12-11-19(27-4,28-5)16-18(2,17(23)26-3)20(16,15(12)22)13-7-9-14(10-8-13)21(24)25/h7-11,16H,6H2,1-5H3/t16-,18+,20+/m0/s1. The van der Waals surface area contributed by atoms with Crippen molar-refractivity contribution in [2.75, 3.05) is 21.3 Å². The molecule has 2 aliphatic rings. The highest BCUT2D eigenvalue weighted by atomic mass is 16.7. The van der Waals surface area contributed by atoms with Crippen molar-refractivity contribution in [1.82, 2.24) is 0 Å². The fourth-order valence-electron chi connectivity index (χ4n) is 4.97. The summed E-state index contributed by atoms with van der Waals surface area (Å²) in [6, 6.07) is 5.70. The van der Waals surface area contributed by atoms with Gasteiger partial charge in [0.15, 0.2) is 11.6 Å². The molecule has 0 saturated heterocycles. The normalized spacial score (nSPS) is 30.2. The molecule has 1 aromatic carbocycles. The lowest BCUT2D eigenvalue weighted by Crippen LogP contribution is -2.44. The van der Waals surface area contributed by atoms with E-state index in [1.807, 2.05) is 6.92 Å². The van der Waals surface area contributed by atoms with Crippen LogP contribution in [0.4, 0.5) is 5.69 Å². The number of nitro benzene ring substituents is 1. The van der Waals surface area contributed by atoms with Crippen molar-refractivity contribution in [2.24, 2.45) is 11.3 Å². The first-order valence-corrected chi connectivity index (χ1v) is 8.91. The number of hydrogen-bond acceptors (Lipinski definition) is 7. The van der Waals surface area contributed by atoms with Crippen LogP contribution in [0.2, 0.25) is 0 Å². The number of methoxy groups -OCH3 is 3. The molecule has 0 heterocycles. The molecule has 1 saturated carbocycles. The van der Waals surface area contributed by atoms with Gasteiger partial charge in [0, 0.05) is 26.4 Å². The third-order valence-electron chi connectivity index (χ3n) is 6.34. The van der Waals surface area contributed by atoms with Gasteiger partial charge in [-0.2, -0.15) is 0 Å². The van der Waals surface area contributed by atoms with Crippen LogP contribution in [0, 0.1) is 21.4 Å². The Hall–Kier alpha value is -2.58. The van der Waals surface area contributed by atoms with E-state index < -0.39 is 33.4 Å². The van der Waals surface area contributed by atoms with Crippen molar-refractivity contribution in [3.63, 3.8) is 0 Å². The van der Waals surface area contributed by atoms with E-state index in [9.17, 15) is 19.7 Å². The summed E-state index contributed by atoms with van der Waals surface area (Å²) >= 11 is 0. The Morgan fingerprint density at radius 3 is 2.18 bits per heavy atom. The molecule has 0 unspecified atom stereocenters. The topological polar surface area (TPSA) is 105 Å². The van der Waals surface area contributed by atoms with Crippen LogP contribution < -0.4 is 0 Å². The van der Waals surface area contributed by atoms with Crippen LogP contribution in [-0.4, -0.2) is 43.8 Å². The van der Waals surface area contributed by atoms with Gasteiger partial charge in [0.1, 0.15) is 0 Å². The molecule has 1 aromatic rings. The SMILES string of the molecule is CCC1=CC(OC)(OC)[C@@H]2[C@](C)(C(=O)OC)[C@]2(c2ccc([N+](=O)[O-])cc2)C1=O. The molecule has 2 aliphatic carbocycles. The van der Waals surface area contributed by atoms with Gasteiger partial charge >= 0.3 is 5.97 Å². The zero-order chi connectivity index (χ0) is 20.9. The van der Waals surface area contributed by atoms with Crippen molar-refractivity contribution in [1.29, 1.82) is 0 Å². The molecule has 0 radical (unpaired) electrons. The number of hydrogen-bond donors (Lipinski definition) is 0. The van der Waals surface area contributed by atoms with Crippen LogP contribution in [0.3, 0.4) is 0 Å². The number of allylic oxidation sites excluding steroid dienone is 1. The minimum absolute atomic E-state index is 0.101. The molecule has 0 N–H and O–H groups in total. The first kappa shape index (κ1) is 20.2. The van der Waals surface area contributed by atoms with Gasteiger partial charge in [-0.25, -0.2) is 0 Å². The largest absolute Gasteiger partial charge is 0.469 e. The van der Waals surface area contributed by atoms with Crippen molar-refractivity contribution in [2.45, 2.75) is 31.5 Å². The number of ketones is 1. The molecule has 0 spiro atoms. The van der Waals surface area contributed by atoms with Gasteiger partial charge in [-0.3, -0.25) is 19.7 Å². The average molecular weight is 389 g/mol. The molecular formula is C20H23NO7. The van der Waals surface area contributed by atoms with E-state index in [0.717, 1.165) is 0 Å². The molecule has 150 valence electrons. The smallest absolute Gasteiger partial charge is 0.313 e. The Labute approximate surface area is 162 Å². The summed E-state index contributed by atoms with van der Waals surface area (Å²) < 4.78 is 16.4. The van der Waals surface area contributed by atoms with Gasteiger partial charge in [0.2, 0.25) is 0 Å². The lowest BCUT2D eigenvalue weighted by atomic mass is 9.76. The number of carbonyl (C=O) groups excluding carboxylic acids is 2. The number of carbonyl (C=O) groups is 2. The van der Waals surface area contributed by atoms with Crippen LogP contribution in [0.15, 0.2) is 35.9 Å². The molecule has 3 atom stereocenters. The van der Waals surface area contributed by atoms with E-state index in [1.165, 1.54) is 45.6 Å². The number of rotatable bonds is 6. The second-order valence-electron chi connectivity index (χ2n) is 7.22. The van der Waals surface area contributed by atoms with E-state index in [4.69, 9.17) is 14.2 Å². The second kappa shape index (κ2) is 6.49. The molecule has 0 aliphatic heterocycles. The first-order chi connectivity index (χ1) is 13.2.